The summed E-state index contributed by atoms with van der Waals surface area (Å²) in [6, 6.07) is 7.82. The first-order valence-corrected chi connectivity index (χ1v) is 8.50. The molecular formula is C19H30ClN. The van der Waals surface area contributed by atoms with E-state index in [9.17, 15) is 0 Å². The molecule has 0 unspecified atom stereocenters. The summed E-state index contributed by atoms with van der Waals surface area (Å²) in [7, 11) is 4.47. The van der Waals surface area contributed by atoms with Crippen molar-refractivity contribution in [2.45, 2.75) is 63.8 Å². The molecule has 1 nitrogen and oxygen atoms in total. The van der Waals surface area contributed by atoms with E-state index < -0.39 is 0 Å². The number of rotatable bonds is 3. The van der Waals surface area contributed by atoms with E-state index in [1.807, 2.05) is 0 Å². The van der Waals surface area contributed by atoms with Crippen LogP contribution < -0.4 is 0 Å². The van der Waals surface area contributed by atoms with Crippen molar-refractivity contribution < 1.29 is 0 Å². The molecule has 0 N–H and O–H groups in total. The van der Waals surface area contributed by atoms with Gasteiger partial charge in [-0.05, 0) is 62.4 Å². The van der Waals surface area contributed by atoms with Gasteiger partial charge in [0.05, 0.1) is 0 Å². The summed E-state index contributed by atoms with van der Waals surface area (Å²) in [5.41, 5.74) is 5.00. The molecule has 0 spiro atoms. The number of likely N-dealkylation sites (N-methyl/N-ethyl adjacent to an activating group) is 1. The average Bonchev–Trinajstić information content (AvgIpc) is 2.48. The van der Waals surface area contributed by atoms with Crippen LogP contribution in [0.3, 0.4) is 0 Å². The summed E-state index contributed by atoms with van der Waals surface area (Å²) in [6.45, 7) is 0. The van der Waals surface area contributed by atoms with Crippen LogP contribution in [-0.4, -0.2) is 25.0 Å². The van der Waals surface area contributed by atoms with E-state index in [-0.39, 0.29) is 12.4 Å². The topological polar surface area (TPSA) is 3.24 Å². The van der Waals surface area contributed by atoms with Crippen molar-refractivity contribution in [1.29, 1.82) is 0 Å². The Balaban J connectivity index is 0.00000161. The molecule has 2 aliphatic carbocycles. The van der Waals surface area contributed by atoms with Crippen molar-refractivity contribution in [3.63, 3.8) is 0 Å². The molecule has 1 atom stereocenters. The molecule has 0 radical (unpaired) electrons. The van der Waals surface area contributed by atoms with Crippen LogP contribution in [0.25, 0.3) is 0 Å². The van der Waals surface area contributed by atoms with Gasteiger partial charge in [-0.15, -0.1) is 12.4 Å². The fourth-order valence-corrected chi connectivity index (χ4v) is 4.18. The zero-order valence-electron chi connectivity index (χ0n) is 13.6. The predicted octanol–water partition coefficient (Wildman–Crippen LogP) is 4.65. The number of halogens is 1. The van der Waals surface area contributed by atoms with Gasteiger partial charge in [-0.1, -0.05) is 50.3 Å². The third kappa shape index (κ3) is 4.02. The van der Waals surface area contributed by atoms with Gasteiger partial charge in [0.2, 0.25) is 0 Å². The summed E-state index contributed by atoms with van der Waals surface area (Å²) in [5, 5.41) is 0. The van der Waals surface area contributed by atoms with Crippen molar-refractivity contribution in [3.8, 4) is 0 Å². The lowest BCUT2D eigenvalue weighted by molar-refractivity contribution is 0.267. The van der Waals surface area contributed by atoms with Gasteiger partial charge in [0, 0.05) is 6.04 Å². The van der Waals surface area contributed by atoms with E-state index in [4.69, 9.17) is 0 Å². The molecule has 21 heavy (non-hydrogen) atoms. The minimum Gasteiger partial charge on any atom is -0.306 e. The van der Waals surface area contributed by atoms with Crippen LogP contribution in [-0.2, 0) is 19.3 Å². The number of hydrogen-bond donors (Lipinski definition) is 0. The van der Waals surface area contributed by atoms with Crippen LogP contribution in [0, 0.1) is 5.92 Å². The van der Waals surface area contributed by atoms with Crippen LogP contribution >= 0.6 is 12.4 Å². The summed E-state index contributed by atoms with van der Waals surface area (Å²) >= 11 is 0. The fraction of sp³-hybridized carbons (Fsp3) is 0.684. The van der Waals surface area contributed by atoms with E-state index >= 15 is 0 Å². The Labute approximate surface area is 136 Å². The van der Waals surface area contributed by atoms with Gasteiger partial charge in [-0.25, -0.2) is 0 Å². The Morgan fingerprint density at radius 1 is 1.05 bits per heavy atom. The van der Waals surface area contributed by atoms with Gasteiger partial charge >= 0.3 is 0 Å². The highest BCUT2D eigenvalue weighted by atomic mass is 35.5. The minimum absolute atomic E-state index is 0. The van der Waals surface area contributed by atoms with E-state index in [1.54, 1.807) is 16.7 Å². The van der Waals surface area contributed by atoms with Gasteiger partial charge in [0.25, 0.3) is 0 Å². The standard InChI is InChI=1S/C19H29N.ClH/c1-20(2)18-12-11-16-9-6-10-17(19(16)14-18)13-15-7-4-3-5-8-15;/h6,9-10,15,18H,3-5,7-8,11-14H2,1-2H3;1H/t18-;/m1./s1. The van der Waals surface area contributed by atoms with E-state index in [2.05, 4.69) is 37.2 Å². The molecule has 0 amide bonds. The highest BCUT2D eigenvalue weighted by molar-refractivity contribution is 5.85. The highest BCUT2D eigenvalue weighted by Crippen LogP contribution is 2.32. The Hall–Kier alpha value is -0.530. The Kier molecular flexibility index (Phi) is 6.13. The Bertz CT molecular complexity index is 449. The SMILES string of the molecule is CN(C)[C@@H]1CCc2cccc(CC3CCCCC3)c2C1.Cl. The smallest absolute Gasteiger partial charge is 0.0133 e. The first-order valence-electron chi connectivity index (χ1n) is 8.50. The largest absolute Gasteiger partial charge is 0.306 e. The van der Waals surface area contributed by atoms with Crippen molar-refractivity contribution >= 4 is 12.4 Å². The minimum atomic E-state index is 0. The van der Waals surface area contributed by atoms with Gasteiger partial charge in [-0.3, -0.25) is 0 Å². The molecular weight excluding hydrogens is 278 g/mol. The molecule has 2 heteroatoms. The third-order valence-electron chi connectivity index (χ3n) is 5.52. The van der Waals surface area contributed by atoms with Crippen molar-refractivity contribution in [1.82, 2.24) is 4.90 Å². The van der Waals surface area contributed by atoms with Crippen LogP contribution in [0.15, 0.2) is 18.2 Å². The second kappa shape index (κ2) is 7.65. The fourth-order valence-electron chi connectivity index (χ4n) is 4.18. The number of nitrogens with zero attached hydrogens (tertiary/aromatic N) is 1. The molecule has 0 aliphatic heterocycles. The first kappa shape index (κ1) is 16.8. The zero-order valence-corrected chi connectivity index (χ0v) is 14.4. The second-order valence-electron chi connectivity index (χ2n) is 7.12. The molecule has 0 aromatic heterocycles. The van der Waals surface area contributed by atoms with Crippen molar-refractivity contribution in [3.05, 3.63) is 34.9 Å². The van der Waals surface area contributed by atoms with Crippen LogP contribution in [0.1, 0.15) is 55.2 Å². The second-order valence-corrected chi connectivity index (χ2v) is 7.12. The number of benzene rings is 1. The molecule has 1 aromatic rings. The molecule has 1 fully saturated rings. The summed E-state index contributed by atoms with van der Waals surface area (Å²) in [4.78, 5) is 2.42. The average molecular weight is 308 g/mol. The number of fused-ring (bicyclic) bond motifs is 1. The van der Waals surface area contributed by atoms with Crippen molar-refractivity contribution in [2.24, 2.45) is 5.92 Å². The maximum Gasteiger partial charge on any atom is 0.0133 e. The molecule has 0 bridgehead atoms. The summed E-state index contributed by atoms with van der Waals surface area (Å²) < 4.78 is 0. The molecule has 118 valence electrons. The Morgan fingerprint density at radius 2 is 1.81 bits per heavy atom. The maximum absolute atomic E-state index is 2.42. The molecule has 1 saturated carbocycles. The lowest BCUT2D eigenvalue weighted by atomic mass is 9.79. The zero-order chi connectivity index (χ0) is 13.9. The van der Waals surface area contributed by atoms with Crippen LogP contribution in [0.5, 0.6) is 0 Å². The van der Waals surface area contributed by atoms with Crippen molar-refractivity contribution in [2.75, 3.05) is 14.1 Å². The number of hydrogen-bond acceptors (Lipinski definition) is 1. The van der Waals surface area contributed by atoms with E-state index in [0.717, 1.165) is 12.0 Å². The van der Waals surface area contributed by atoms with Crippen LogP contribution in [0.2, 0.25) is 0 Å². The Morgan fingerprint density at radius 3 is 2.52 bits per heavy atom. The summed E-state index contributed by atoms with van der Waals surface area (Å²) in [5.74, 6) is 0.954. The normalized spacial score (nSPS) is 22.7. The van der Waals surface area contributed by atoms with Gasteiger partial charge in [0.15, 0.2) is 0 Å². The summed E-state index contributed by atoms with van der Waals surface area (Å²) in [6.07, 6.45) is 12.5. The number of aryl methyl sites for hydroxylation is 1. The quantitative estimate of drug-likeness (QED) is 0.785. The molecule has 0 saturated heterocycles. The van der Waals surface area contributed by atoms with Gasteiger partial charge < -0.3 is 4.90 Å². The van der Waals surface area contributed by atoms with Gasteiger partial charge in [0.1, 0.15) is 0 Å². The van der Waals surface area contributed by atoms with Crippen LogP contribution in [0.4, 0.5) is 0 Å². The van der Waals surface area contributed by atoms with Gasteiger partial charge in [-0.2, -0.15) is 0 Å². The monoisotopic (exact) mass is 307 g/mol. The first-order chi connectivity index (χ1) is 9.74. The van der Waals surface area contributed by atoms with E-state index in [1.165, 1.54) is 57.8 Å². The molecule has 0 heterocycles. The van der Waals surface area contributed by atoms with E-state index in [0.29, 0.717) is 0 Å². The molecule has 3 rings (SSSR count). The lowest BCUT2D eigenvalue weighted by Gasteiger charge is -2.32. The lowest BCUT2D eigenvalue weighted by Crippen LogP contribution is -2.34. The molecule has 2 aliphatic rings. The third-order valence-corrected chi connectivity index (χ3v) is 5.52. The predicted molar refractivity (Wildman–Crippen MR) is 93.5 cm³/mol. The highest BCUT2D eigenvalue weighted by Gasteiger charge is 2.23. The maximum atomic E-state index is 2.42. The molecule has 1 aromatic carbocycles.